The molecule has 2 saturated heterocycles. The lowest BCUT2D eigenvalue weighted by Crippen LogP contribution is -2.50. The van der Waals surface area contributed by atoms with Crippen LogP contribution in [0.3, 0.4) is 0 Å². The zero-order valence-corrected chi connectivity index (χ0v) is 19.4. The summed E-state index contributed by atoms with van der Waals surface area (Å²) in [5.41, 5.74) is 3.35. The van der Waals surface area contributed by atoms with Gasteiger partial charge in [0.05, 0.1) is 4.90 Å². The van der Waals surface area contributed by atoms with Crippen molar-refractivity contribution in [2.75, 3.05) is 37.6 Å². The standard InChI is InChI=1S/C24H29N3O4S/c1-18-6-11-22(17-19(18)2)32(30,31)26-15-13-25(14-16-26)24(29)20-7-9-21(10-8-20)27-12-4-3-5-23(27)28/h6-11,17H,3-5,12-16H2,1-2H3. The molecule has 0 bridgehead atoms. The van der Waals surface area contributed by atoms with Crippen molar-refractivity contribution >= 4 is 27.5 Å². The Morgan fingerprint density at radius 1 is 0.844 bits per heavy atom. The van der Waals surface area contributed by atoms with Gasteiger partial charge in [-0.25, -0.2) is 8.42 Å². The minimum absolute atomic E-state index is 0.121. The lowest BCUT2D eigenvalue weighted by atomic mass is 10.1. The predicted octanol–water partition coefficient (Wildman–Crippen LogP) is 2.97. The van der Waals surface area contributed by atoms with Crippen LogP contribution in [-0.2, 0) is 14.8 Å². The number of aryl methyl sites for hydroxylation is 2. The molecular formula is C24H29N3O4S. The smallest absolute Gasteiger partial charge is 0.253 e. The quantitative estimate of drug-likeness (QED) is 0.710. The van der Waals surface area contributed by atoms with Crippen molar-refractivity contribution in [3.05, 3.63) is 59.2 Å². The molecular weight excluding hydrogens is 426 g/mol. The van der Waals surface area contributed by atoms with E-state index in [4.69, 9.17) is 0 Å². The molecule has 0 aliphatic carbocycles. The Hall–Kier alpha value is -2.71. The minimum Gasteiger partial charge on any atom is -0.336 e. The van der Waals surface area contributed by atoms with Crippen LogP contribution in [0.15, 0.2) is 47.4 Å². The molecule has 2 aliphatic heterocycles. The molecule has 2 aromatic rings. The summed E-state index contributed by atoms with van der Waals surface area (Å²) in [4.78, 5) is 28.8. The van der Waals surface area contributed by atoms with Crippen molar-refractivity contribution in [1.29, 1.82) is 0 Å². The highest BCUT2D eigenvalue weighted by Crippen LogP contribution is 2.23. The number of amides is 2. The molecule has 0 atom stereocenters. The fraction of sp³-hybridized carbons (Fsp3) is 0.417. The molecule has 0 saturated carbocycles. The molecule has 32 heavy (non-hydrogen) atoms. The molecule has 8 heteroatoms. The summed E-state index contributed by atoms with van der Waals surface area (Å²) >= 11 is 0. The third kappa shape index (κ3) is 4.42. The Morgan fingerprint density at radius 2 is 1.53 bits per heavy atom. The van der Waals surface area contributed by atoms with Crippen molar-refractivity contribution in [1.82, 2.24) is 9.21 Å². The van der Waals surface area contributed by atoms with E-state index in [0.29, 0.717) is 36.5 Å². The number of benzene rings is 2. The summed E-state index contributed by atoms with van der Waals surface area (Å²) in [6, 6.07) is 12.3. The van der Waals surface area contributed by atoms with Crippen LogP contribution in [0.1, 0.15) is 40.7 Å². The normalized spacial score (nSPS) is 18.1. The zero-order chi connectivity index (χ0) is 22.9. The monoisotopic (exact) mass is 455 g/mol. The van der Waals surface area contributed by atoms with E-state index in [9.17, 15) is 18.0 Å². The van der Waals surface area contributed by atoms with Crippen LogP contribution in [0.25, 0.3) is 0 Å². The van der Waals surface area contributed by atoms with Gasteiger partial charge in [-0.3, -0.25) is 9.59 Å². The van der Waals surface area contributed by atoms with Crippen LogP contribution >= 0.6 is 0 Å². The topological polar surface area (TPSA) is 78.0 Å². The SMILES string of the molecule is Cc1ccc(S(=O)(=O)N2CCN(C(=O)c3ccc(N4CCCCC4=O)cc3)CC2)cc1C. The number of piperazine rings is 1. The summed E-state index contributed by atoms with van der Waals surface area (Å²) in [7, 11) is -3.58. The number of piperidine rings is 1. The minimum atomic E-state index is -3.58. The van der Waals surface area contributed by atoms with E-state index in [1.54, 1.807) is 34.1 Å². The maximum atomic E-state index is 13.0. The zero-order valence-electron chi connectivity index (χ0n) is 18.6. The van der Waals surface area contributed by atoms with E-state index in [-0.39, 0.29) is 24.9 Å². The van der Waals surface area contributed by atoms with E-state index in [0.717, 1.165) is 29.7 Å². The Morgan fingerprint density at radius 3 is 2.16 bits per heavy atom. The first kappa shape index (κ1) is 22.5. The molecule has 0 spiro atoms. The van der Waals surface area contributed by atoms with Gasteiger partial charge in [-0.05, 0) is 74.2 Å². The van der Waals surface area contributed by atoms with Gasteiger partial charge in [0.15, 0.2) is 0 Å². The van der Waals surface area contributed by atoms with Gasteiger partial charge < -0.3 is 9.80 Å². The largest absolute Gasteiger partial charge is 0.336 e. The number of hydrogen-bond acceptors (Lipinski definition) is 4. The molecule has 2 aliphatic rings. The number of hydrogen-bond donors (Lipinski definition) is 0. The maximum absolute atomic E-state index is 13.0. The van der Waals surface area contributed by atoms with E-state index in [2.05, 4.69) is 0 Å². The van der Waals surface area contributed by atoms with Gasteiger partial charge in [0.2, 0.25) is 15.9 Å². The Bertz CT molecular complexity index is 1120. The van der Waals surface area contributed by atoms with Crippen LogP contribution in [0.2, 0.25) is 0 Å². The number of sulfonamides is 1. The fourth-order valence-corrected chi connectivity index (χ4v) is 5.71. The molecule has 0 radical (unpaired) electrons. The number of carbonyl (C=O) groups excluding carboxylic acids is 2. The first-order chi connectivity index (χ1) is 15.3. The van der Waals surface area contributed by atoms with Gasteiger partial charge in [-0.2, -0.15) is 4.31 Å². The van der Waals surface area contributed by atoms with Gasteiger partial charge in [-0.15, -0.1) is 0 Å². The van der Waals surface area contributed by atoms with Gasteiger partial charge in [-0.1, -0.05) is 6.07 Å². The number of anilines is 1. The Labute approximate surface area is 189 Å². The molecule has 2 aromatic carbocycles. The Balaban J connectivity index is 1.40. The van der Waals surface area contributed by atoms with Gasteiger partial charge in [0.1, 0.15) is 0 Å². The summed E-state index contributed by atoms with van der Waals surface area (Å²) in [5, 5.41) is 0. The fourth-order valence-electron chi connectivity index (χ4n) is 4.20. The van der Waals surface area contributed by atoms with Crippen LogP contribution in [0.5, 0.6) is 0 Å². The van der Waals surface area contributed by atoms with E-state index >= 15 is 0 Å². The third-order valence-corrected chi connectivity index (χ3v) is 8.29. The second-order valence-corrected chi connectivity index (χ2v) is 10.4. The summed E-state index contributed by atoms with van der Waals surface area (Å²) in [6.07, 6.45) is 2.48. The second-order valence-electron chi connectivity index (χ2n) is 8.49. The molecule has 2 amide bonds. The van der Waals surface area contributed by atoms with E-state index in [1.165, 1.54) is 4.31 Å². The van der Waals surface area contributed by atoms with Crippen LogP contribution in [-0.4, -0.2) is 62.2 Å². The first-order valence-electron chi connectivity index (χ1n) is 11.0. The van der Waals surface area contributed by atoms with E-state index < -0.39 is 10.0 Å². The van der Waals surface area contributed by atoms with Crippen molar-refractivity contribution in [3.63, 3.8) is 0 Å². The van der Waals surface area contributed by atoms with Crippen molar-refractivity contribution in [3.8, 4) is 0 Å². The van der Waals surface area contributed by atoms with Crippen molar-refractivity contribution < 1.29 is 18.0 Å². The summed E-state index contributed by atoms with van der Waals surface area (Å²) in [5.74, 6) is 0.00109. The highest BCUT2D eigenvalue weighted by molar-refractivity contribution is 7.89. The van der Waals surface area contributed by atoms with Crippen molar-refractivity contribution in [2.45, 2.75) is 38.0 Å². The average molecular weight is 456 g/mol. The number of carbonyl (C=O) groups is 2. The lowest BCUT2D eigenvalue weighted by molar-refractivity contribution is -0.119. The van der Waals surface area contributed by atoms with Crippen LogP contribution in [0.4, 0.5) is 5.69 Å². The molecule has 170 valence electrons. The highest BCUT2D eigenvalue weighted by atomic mass is 32.2. The average Bonchev–Trinajstić information content (AvgIpc) is 2.81. The maximum Gasteiger partial charge on any atom is 0.253 e. The Kier molecular flexibility index (Phi) is 6.35. The van der Waals surface area contributed by atoms with Crippen LogP contribution in [0, 0.1) is 13.8 Å². The molecule has 2 heterocycles. The third-order valence-electron chi connectivity index (χ3n) is 6.39. The molecule has 0 aromatic heterocycles. The summed E-state index contributed by atoms with van der Waals surface area (Å²) in [6.45, 7) is 5.78. The first-order valence-corrected chi connectivity index (χ1v) is 12.5. The molecule has 4 rings (SSSR count). The molecule has 0 N–H and O–H groups in total. The van der Waals surface area contributed by atoms with Gasteiger partial charge in [0.25, 0.3) is 5.91 Å². The summed E-state index contributed by atoms with van der Waals surface area (Å²) < 4.78 is 27.5. The lowest BCUT2D eigenvalue weighted by Gasteiger charge is -2.34. The molecule has 7 nitrogen and oxygen atoms in total. The highest BCUT2D eigenvalue weighted by Gasteiger charge is 2.30. The number of nitrogens with zero attached hydrogens (tertiary/aromatic N) is 3. The predicted molar refractivity (Wildman–Crippen MR) is 123 cm³/mol. The second kappa shape index (κ2) is 9.03. The van der Waals surface area contributed by atoms with Crippen LogP contribution < -0.4 is 4.90 Å². The molecule has 2 fully saturated rings. The van der Waals surface area contributed by atoms with E-state index in [1.807, 2.05) is 32.0 Å². The van der Waals surface area contributed by atoms with Gasteiger partial charge in [0, 0.05) is 50.4 Å². The van der Waals surface area contributed by atoms with Gasteiger partial charge >= 0.3 is 0 Å². The molecule has 0 unspecified atom stereocenters. The van der Waals surface area contributed by atoms with Crippen molar-refractivity contribution in [2.24, 2.45) is 0 Å². The number of rotatable bonds is 4.